The fourth-order valence-corrected chi connectivity index (χ4v) is 2.60. The van der Waals surface area contributed by atoms with Gasteiger partial charge >= 0.3 is 0 Å². The Hall–Kier alpha value is -2.47. The number of aryl methyl sites for hydroxylation is 2. The van der Waals surface area contributed by atoms with Crippen LogP contribution in [0.25, 0.3) is 16.8 Å². The van der Waals surface area contributed by atoms with E-state index in [-0.39, 0.29) is 0 Å². The Balaban J connectivity index is 0.00000105. The Bertz CT molecular complexity index is 774. The normalized spacial score (nSPS) is 9.63. The molecule has 0 amide bonds. The Morgan fingerprint density at radius 2 is 1.80 bits per heavy atom. The number of pyridine rings is 1. The zero-order valence-corrected chi connectivity index (χ0v) is 20.1. The molecule has 0 atom stereocenters. The Kier molecular flexibility index (Phi) is 14.1. The highest BCUT2D eigenvalue weighted by molar-refractivity contribution is 5.73. The summed E-state index contributed by atoms with van der Waals surface area (Å²) in [7, 11) is 1.84. The molecule has 168 valence electrons. The second kappa shape index (κ2) is 15.4. The molecule has 2 aromatic rings. The van der Waals surface area contributed by atoms with Gasteiger partial charge in [-0.3, -0.25) is 0 Å². The molecule has 0 aliphatic heterocycles. The summed E-state index contributed by atoms with van der Waals surface area (Å²) in [6, 6.07) is 3.89. The van der Waals surface area contributed by atoms with Gasteiger partial charge < -0.3 is 15.2 Å². The Labute approximate surface area is 182 Å². The van der Waals surface area contributed by atoms with E-state index in [1.807, 2.05) is 53.8 Å². The third-order valence-electron chi connectivity index (χ3n) is 4.05. The van der Waals surface area contributed by atoms with Gasteiger partial charge in [0.2, 0.25) is 5.88 Å². The summed E-state index contributed by atoms with van der Waals surface area (Å²) in [4.78, 5) is 14.0. The van der Waals surface area contributed by atoms with Crippen LogP contribution in [0, 0.1) is 6.92 Å². The van der Waals surface area contributed by atoms with Crippen LogP contribution in [0.2, 0.25) is 0 Å². The molecule has 30 heavy (non-hydrogen) atoms. The summed E-state index contributed by atoms with van der Waals surface area (Å²) in [5.41, 5.74) is 5.31. The van der Waals surface area contributed by atoms with Gasteiger partial charge in [0, 0.05) is 25.3 Å². The van der Waals surface area contributed by atoms with Crippen molar-refractivity contribution in [2.45, 2.75) is 67.7 Å². The molecule has 0 aromatic carbocycles. The number of unbranched alkanes of at least 4 members (excludes halogenated alkanes) is 1. The number of allylic oxidation sites excluding steroid dienone is 1. The molecule has 0 spiro atoms. The minimum absolute atomic E-state index is 0.344. The van der Waals surface area contributed by atoms with E-state index in [1.165, 1.54) is 0 Å². The number of hydrogen-bond donors (Lipinski definition) is 2. The van der Waals surface area contributed by atoms with Crippen LogP contribution in [-0.4, -0.2) is 40.3 Å². The van der Waals surface area contributed by atoms with Crippen LogP contribution in [-0.2, 0) is 6.42 Å². The van der Waals surface area contributed by atoms with Crippen LogP contribution in [0.15, 0.2) is 18.7 Å². The van der Waals surface area contributed by atoms with Crippen LogP contribution in [0.4, 0.5) is 5.82 Å². The van der Waals surface area contributed by atoms with E-state index in [1.54, 1.807) is 0 Å². The molecule has 2 heterocycles. The Morgan fingerprint density at radius 3 is 2.23 bits per heavy atom. The summed E-state index contributed by atoms with van der Waals surface area (Å²) in [6.07, 6.45) is 2.84. The molecule has 6 nitrogen and oxygen atoms in total. The van der Waals surface area contributed by atoms with Crippen molar-refractivity contribution in [3.63, 3.8) is 0 Å². The van der Waals surface area contributed by atoms with Gasteiger partial charge in [-0.25, -0.2) is 15.0 Å². The quantitative estimate of drug-likeness (QED) is 0.575. The average Bonchev–Trinajstić information content (AvgIpc) is 2.76. The predicted octanol–water partition coefficient (Wildman–Crippen LogP) is 5.69. The summed E-state index contributed by atoms with van der Waals surface area (Å²) in [6.45, 7) is 18.9. The van der Waals surface area contributed by atoms with Crippen molar-refractivity contribution in [2.75, 3.05) is 25.6 Å². The van der Waals surface area contributed by atoms with Gasteiger partial charge in [-0.15, -0.1) is 0 Å². The van der Waals surface area contributed by atoms with Gasteiger partial charge in [0.05, 0.1) is 23.7 Å². The van der Waals surface area contributed by atoms with E-state index in [0.717, 1.165) is 59.0 Å². The first-order valence-electron chi connectivity index (χ1n) is 10.9. The first-order valence-corrected chi connectivity index (χ1v) is 10.9. The van der Waals surface area contributed by atoms with Crippen LogP contribution >= 0.6 is 0 Å². The number of aliphatic hydroxyl groups excluding tert-OH is 1. The Morgan fingerprint density at radius 1 is 1.13 bits per heavy atom. The third-order valence-corrected chi connectivity index (χ3v) is 4.05. The monoisotopic (exact) mass is 416 g/mol. The van der Waals surface area contributed by atoms with Gasteiger partial charge in [-0.1, -0.05) is 40.7 Å². The number of nitrogens with one attached hydrogen (secondary N) is 1. The van der Waals surface area contributed by atoms with Crippen molar-refractivity contribution in [1.29, 1.82) is 0 Å². The maximum atomic E-state index is 8.07. The molecule has 0 aliphatic rings. The van der Waals surface area contributed by atoms with E-state index >= 15 is 0 Å². The van der Waals surface area contributed by atoms with Crippen molar-refractivity contribution in [1.82, 2.24) is 15.0 Å². The molecule has 0 radical (unpaired) electrons. The topological polar surface area (TPSA) is 80.2 Å². The van der Waals surface area contributed by atoms with E-state index in [4.69, 9.17) is 14.8 Å². The van der Waals surface area contributed by atoms with Crippen molar-refractivity contribution in [3.05, 3.63) is 35.8 Å². The molecule has 2 rings (SSSR count). The van der Waals surface area contributed by atoms with E-state index < -0.39 is 0 Å². The van der Waals surface area contributed by atoms with Crippen LogP contribution in [0.1, 0.15) is 71.5 Å². The number of ether oxygens (including phenoxy) is 1. The van der Waals surface area contributed by atoms with Crippen molar-refractivity contribution in [3.8, 4) is 17.1 Å². The van der Waals surface area contributed by atoms with Crippen molar-refractivity contribution >= 4 is 11.4 Å². The number of aromatic nitrogens is 3. The maximum absolute atomic E-state index is 8.07. The lowest BCUT2D eigenvalue weighted by Gasteiger charge is -2.15. The minimum atomic E-state index is 0.344. The molecule has 0 unspecified atom stereocenters. The third kappa shape index (κ3) is 8.11. The molecular formula is C24H40N4O2. The lowest BCUT2D eigenvalue weighted by molar-refractivity contribution is 0.287. The number of nitrogens with zero attached hydrogens (tertiary/aromatic N) is 3. The highest BCUT2D eigenvalue weighted by Crippen LogP contribution is 2.29. The first-order chi connectivity index (χ1) is 14.4. The average molecular weight is 417 g/mol. The highest BCUT2D eigenvalue weighted by Gasteiger charge is 2.16. The molecule has 0 fully saturated rings. The fourth-order valence-electron chi connectivity index (χ4n) is 2.60. The molecule has 0 aliphatic carbocycles. The largest absolute Gasteiger partial charge is 0.478 e. The fraction of sp³-hybridized carbons (Fsp3) is 0.542. The van der Waals surface area contributed by atoms with Crippen LogP contribution in [0.3, 0.4) is 0 Å². The first kappa shape index (κ1) is 27.5. The molecule has 0 bridgehead atoms. The number of rotatable bonds is 8. The summed E-state index contributed by atoms with van der Waals surface area (Å²) < 4.78 is 5.50. The number of anilines is 1. The zero-order chi connectivity index (χ0) is 23.1. The zero-order valence-electron chi connectivity index (χ0n) is 20.1. The second-order valence-electron chi connectivity index (χ2n) is 6.39. The lowest BCUT2D eigenvalue weighted by Crippen LogP contribution is -2.06. The minimum Gasteiger partial charge on any atom is -0.478 e. The van der Waals surface area contributed by atoms with Gasteiger partial charge in [0.1, 0.15) is 5.69 Å². The van der Waals surface area contributed by atoms with Crippen molar-refractivity contribution in [2.24, 2.45) is 0 Å². The van der Waals surface area contributed by atoms with Gasteiger partial charge in [0.25, 0.3) is 0 Å². The maximum Gasteiger partial charge on any atom is 0.213 e. The van der Waals surface area contributed by atoms with Gasteiger partial charge in [-0.2, -0.15) is 0 Å². The summed E-state index contributed by atoms with van der Waals surface area (Å²) in [5.74, 6) is 1.39. The van der Waals surface area contributed by atoms with Crippen molar-refractivity contribution < 1.29 is 9.84 Å². The molecule has 2 aromatic heterocycles. The number of hydrogen-bond acceptors (Lipinski definition) is 6. The molecular weight excluding hydrogens is 376 g/mol. The van der Waals surface area contributed by atoms with Gasteiger partial charge in [-0.05, 0) is 45.3 Å². The van der Waals surface area contributed by atoms with E-state index in [9.17, 15) is 0 Å². The van der Waals surface area contributed by atoms with E-state index in [2.05, 4.69) is 35.7 Å². The standard InChI is InChI=1S/C18H24N4O.C4H10O.C2H6/c1-7-14-13(9-10-15(21-14)23-8-2)17-12(5)20-18(19-6)16(22-17)11(3)4;1-2-3-4-5;1-2/h9-10H,3,7-8H2,1-2,4-6H3,(H,19,20);5H,2-4H2,1H3;1-2H3. The molecule has 0 saturated carbocycles. The highest BCUT2D eigenvalue weighted by atomic mass is 16.5. The molecule has 2 N–H and O–H groups in total. The lowest BCUT2D eigenvalue weighted by atomic mass is 10.1. The predicted molar refractivity (Wildman–Crippen MR) is 128 cm³/mol. The summed E-state index contributed by atoms with van der Waals surface area (Å²) >= 11 is 0. The molecule has 0 saturated heterocycles. The second-order valence-corrected chi connectivity index (χ2v) is 6.39. The smallest absolute Gasteiger partial charge is 0.213 e. The van der Waals surface area contributed by atoms with Crippen LogP contribution in [0.5, 0.6) is 5.88 Å². The van der Waals surface area contributed by atoms with E-state index in [0.29, 0.717) is 19.1 Å². The summed E-state index contributed by atoms with van der Waals surface area (Å²) in [5, 5.41) is 11.1. The van der Waals surface area contributed by atoms with Crippen LogP contribution < -0.4 is 10.1 Å². The molecule has 6 heteroatoms. The number of aliphatic hydroxyl groups is 1. The SMILES string of the molecule is C=C(C)c1nc(-c2ccc(OCC)nc2CC)c(C)nc1NC.CC.CCCCO. The van der Waals surface area contributed by atoms with Gasteiger partial charge in [0.15, 0.2) is 5.82 Å².